The predicted octanol–water partition coefficient (Wildman–Crippen LogP) is 2.02. The van der Waals surface area contributed by atoms with Gasteiger partial charge in [0.05, 0.1) is 0 Å². The third-order valence-corrected chi connectivity index (χ3v) is 2.10. The van der Waals surface area contributed by atoms with Crippen LogP contribution < -0.4 is 11.3 Å². The molecule has 0 spiro atoms. The minimum absolute atomic E-state index is 0.184. The second kappa shape index (κ2) is 4.53. The number of aromatic nitrogens is 1. The fraction of sp³-hybridized carbons (Fsp3) is 0.545. The van der Waals surface area contributed by atoms with Gasteiger partial charge in [0.25, 0.3) is 0 Å². The smallest absolute Gasteiger partial charge is 0.0480 e. The van der Waals surface area contributed by atoms with Crippen LogP contribution >= 0.6 is 0 Å². The van der Waals surface area contributed by atoms with Gasteiger partial charge in [-0.3, -0.25) is 16.3 Å². The molecule has 3 nitrogen and oxygen atoms in total. The highest BCUT2D eigenvalue weighted by Gasteiger charge is 2.18. The van der Waals surface area contributed by atoms with Gasteiger partial charge in [0.15, 0.2) is 0 Å². The zero-order chi connectivity index (χ0) is 10.6. The summed E-state index contributed by atoms with van der Waals surface area (Å²) in [6.45, 7) is 6.61. The molecule has 3 heteroatoms. The molecule has 0 aliphatic rings. The van der Waals surface area contributed by atoms with E-state index < -0.39 is 0 Å². The molecular formula is C11H19N3. The van der Waals surface area contributed by atoms with Crippen molar-refractivity contribution in [3.05, 3.63) is 30.1 Å². The van der Waals surface area contributed by atoms with Crippen molar-refractivity contribution in [1.29, 1.82) is 0 Å². The Morgan fingerprint density at radius 3 is 2.64 bits per heavy atom. The number of hydrazine groups is 1. The van der Waals surface area contributed by atoms with Crippen LogP contribution in [0.2, 0.25) is 0 Å². The number of rotatable bonds is 3. The molecule has 14 heavy (non-hydrogen) atoms. The van der Waals surface area contributed by atoms with Crippen molar-refractivity contribution in [3.8, 4) is 0 Å². The highest BCUT2D eigenvalue weighted by atomic mass is 15.2. The molecule has 1 aromatic heterocycles. The summed E-state index contributed by atoms with van der Waals surface area (Å²) >= 11 is 0. The first-order valence-electron chi connectivity index (χ1n) is 4.89. The van der Waals surface area contributed by atoms with E-state index in [2.05, 4.69) is 31.2 Å². The second-order valence-electron chi connectivity index (χ2n) is 4.77. The molecule has 0 fully saturated rings. The van der Waals surface area contributed by atoms with E-state index >= 15 is 0 Å². The maximum Gasteiger partial charge on any atom is 0.0480 e. The largest absolute Gasteiger partial charge is 0.271 e. The topological polar surface area (TPSA) is 50.9 Å². The second-order valence-corrected chi connectivity index (χ2v) is 4.77. The maximum atomic E-state index is 5.53. The molecule has 1 unspecified atom stereocenters. The Morgan fingerprint density at radius 1 is 1.50 bits per heavy atom. The van der Waals surface area contributed by atoms with Gasteiger partial charge >= 0.3 is 0 Å². The van der Waals surface area contributed by atoms with Crippen molar-refractivity contribution in [2.75, 3.05) is 0 Å². The van der Waals surface area contributed by atoms with E-state index in [1.165, 1.54) is 0 Å². The van der Waals surface area contributed by atoms with Crippen LogP contribution in [0, 0.1) is 5.41 Å². The lowest BCUT2D eigenvalue weighted by atomic mass is 9.86. The third kappa shape index (κ3) is 3.44. The Hall–Kier alpha value is -0.930. The number of hydrogen-bond acceptors (Lipinski definition) is 3. The Morgan fingerprint density at radius 2 is 2.21 bits per heavy atom. The number of nitrogens with two attached hydrogens (primary N) is 1. The summed E-state index contributed by atoms with van der Waals surface area (Å²) in [4.78, 5) is 4.09. The number of nitrogens with one attached hydrogen (secondary N) is 1. The maximum absolute atomic E-state index is 5.53. The van der Waals surface area contributed by atoms with Gasteiger partial charge in [-0.05, 0) is 23.5 Å². The summed E-state index contributed by atoms with van der Waals surface area (Å²) < 4.78 is 0. The van der Waals surface area contributed by atoms with Crippen LogP contribution in [-0.2, 0) is 0 Å². The fourth-order valence-electron chi connectivity index (χ4n) is 1.47. The van der Waals surface area contributed by atoms with E-state index in [1.54, 1.807) is 6.20 Å². The summed E-state index contributed by atoms with van der Waals surface area (Å²) in [5, 5.41) is 0. The Kier molecular flexibility index (Phi) is 3.61. The SMILES string of the molecule is CC(C)(C)CC(NN)c1cccnc1. The predicted molar refractivity (Wildman–Crippen MR) is 58.4 cm³/mol. The van der Waals surface area contributed by atoms with Gasteiger partial charge in [-0.1, -0.05) is 26.8 Å². The highest BCUT2D eigenvalue weighted by Crippen LogP contribution is 2.28. The summed E-state index contributed by atoms with van der Waals surface area (Å²) in [6.07, 6.45) is 4.62. The first-order valence-corrected chi connectivity index (χ1v) is 4.89. The van der Waals surface area contributed by atoms with Crippen molar-refractivity contribution in [2.45, 2.75) is 33.2 Å². The molecule has 1 rings (SSSR count). The van der Waals surface area contributed by atoms with Gasteiger partial charge in [0.2, 0.25) is 0 Å². The molecule has 0 amide bonds. The van der Waals surface area contributed by atoms with Gasteiger partial charge in [0.1, 0.15) is 0 Å². The van der Waals surface area contributed by atoms with Crippen molar-refractivity contribution in [1.82, 2.24) is 10.4 Å². The highest BCUT2D eigenvalue weighted by molar-refractivity contribution is 5.13. The summed E-state index contributed by atoms with van der Waals surface area (Å²) in [5.74, 6) is 5.53. The molecule has 0 saturated heterocycles. The summed E-state index contributed by atoms with van der Waals surface area (Å²) in [6, 6.07) is 4.16. The van der Waals surface area contributed by atoms with Crippen LogP contribution in [0.1, 0.15) is 38.8 Å². The fourth-order valence-corrected chi connectivity index (χ4v) is 1.47. The monoisotopic (exact) mass is 193 g/mol. The van der Waals surface area contributed by atoms with Crippen molar-refractivity contribution in [2.24, 2.45) is 11.3 Å². The van der Waals surface area contributed by atoms with E-state index in [-0.39, 0.29) is 11.5 Å². The zero-order valence-electron chi connectivity index (χ0n) is 9.12. The Labute approximate surface area is 85.7 Å². The average Bonchev–Trinajstić information content (AvgIpc) is 2.14. The molecule has 1 heterocycles. The molecular weight excluding hydrogens is 174 g/mol. The lowest BCUT2D eigenvalue weighted by Crippen LogP contribution is -2.31. The molecule has 0 aliphatic heterocycles. The molecule has 0 radical (unpaired) electrons. The Balaban J connectivity index is 2.73. The van der Waals surface area contributed by atoms with Gasteiger partial charge in [-0.2, -0.15) is 0 Å². The molecule has 1 aromatic rings. The molecule has 0 saturated carbocycles. The van der Waals surface area contributed by atoms with Crippen molar-refractivity contribution >= 4 is 0 Å². The van der Waals surface area contributed by atoms with Crippen LogP contribution in [0.25, 0.3) is 0 Å². The van der Waals surface area contributed by atoms with E-state index in [4.69, 9.17) is 5.84 Å². The first-order chi connectivity index (χ1) is 6.53. The van der Waals surface area contributed by atoms with Gasteiger partial charge in [-0.25, -0.2) is 0 Å². The first kappa shape index (κ1) is 11.1. The van der Waals surface area contributed by atoms with E-state index in [0.717, 1.165) is 12.0 Å². The van der Waals surface area contributed by atoms with Crippen LogP contribution in [0.15, 0.2) is 24.5 Å². The summed E-state index contributed by atoms with van der Waals surface area (Å²) in [5.41, 5.74) is 4.24. The normalized spacial score (nSPS) is 14.0. The number of hydrogen-bond donors (Lipinski definition) is 2. The zero-order valence-corrected chi connectivity index (χ0v) is 9.12. The Bertz CT molecular complexity index is 264. The standard InChI is InChI=1S/C11H19N3/c1-11(2,3)7-10(14-12)9-5-4-6-13-8-9/h4-6,8,10,14H,7,12H2,1-3H3. The summed E-state index contributed by atoms with van der Waals surface area (Å²) in [7, 11) is 0. The van der Waals surface area contributed by atoms with Gasteiger partial charge in [0, 0.05) is 18.4 Å². The van der Waals surface area contributed by atoms with E-state index in [0.29, 0.717) is 0 Å². The van der Waals surface area contributed by atoms with E-state index in [9.17, 15) is 0 Å². The van der Waals surface area contributed by atoms with E-state index in [1.807, 2.05) is 18.3 Å². The number of nitrogens with zero attached hydrogens (tertiary/aromatic N) is 1. The van der Waals surface area contributed by atoms with Gasteiger partial charge in [-0.15, -0.1) is 0 Å². The number of pyridine rings is 1. The van der Waals surface area contributed by atoms with Crippen LogP contribution in [-0.4, -0.2) is 4.98 Å². The van der Waals surface area contributed by atoms with Crippen LogP contribution in [0.4, 0.5) is 0 Å². The minimum Gasteiger partial charge on any atom is -0.271 e. The third-order valence-electron chi connectivity index (χ3n) is 2.10. The average molecular weight is 193 g/mol. The van der Waals surface area contributed by atoms with Gasteiger partial charge < -0.3 is 0 Å². The quantitative estimate of drug-likeness (QED) is 0.570. The minimum atomic E-state index is 0.184. The van der Waals surface area contributed by atoms with Crippen LogP contribution in [0.3, 0.4) is 0 Å². The molecule has 1 atom stereocenters. The van der Waals surface area contributed by atoms with Crippen LogP contribution in [0.5, 0.6) is 0 Å². The molecule has 0 aromatic carbocycles. The lowest BCUT2D eigenvalue weighted by molar-refractivity contribution is 0.313. The van der Waals surface area contributed by atoms with Crippen molar-refractivity contribution < 1.29 is 0 Å². The molecule has 0 aliphatic carbocycles. The van der Waals surface area contributed by atoms with Crippen molar-refractivity contribution in [3.63, 3.8) is 0 Å². The lowest BCUT2D eigenvalue weighted by Gasteiger charge is -2.25. The molecule has 0 bridgehead atoms. The molecule has 3 N–H and O–H groups in total. The molecule has 78 valence electrons.